The molecule has 0 saturated carbocycles. The number of benzene rings is 1. The number of carbonyl (C=O) groups excluding carboxylic acids is 1. The van der Waals surface area contributed by atoms with E-state index in [1.165, 1.54) is 0 Å². The van der Waals surface area contributed by atoms with Crippen molar-refractivity contribution in [2.45, 2.75) is 25.5 Å². The predicted molar refractivity (Wildman–Crippen MR) is 88.3 cm³/mol. The Labute approximate surface area is 139 Å². The molecule has 0 unspecified atom stereocenters. The first-order valence-corrected chi connectivity index (χ1v) is 7.82. The Balaban J connectivity index is 1.70. The van der Waals surface area contributed by atoms with Crippen LogP contribution in [0.15, 0.2) is 36.5 Å². The quantitative estimate of drug-likeness (QED) is 0.790. The van der Waals surface area contributed by atoms with Crippen LogP contribution < -0.4 is 9.64 Å². The van der Waals surface area contributed by atoms with Gasteiger partial charge in [-0.15, -0.1) is 4.98 Å². The van der Waals surface area contributed by atoms with Crippen LogP contribution in [-0.4, -0.2) is 29.8 Å². The second kappa shape index (κ2) is 5.53. The SMILES string of the molecule is [C-]#[N+]c1ccc(-c2ccc3c(c2)OC[C@H]2[C@H](CC)OC(=O)N32)cn1. The first-order valence-electron chi connectivity index (χ1n) is 7.82. The first-order chi connectivity index (χ1) is 11.7. The number of pyridine rings is 1. The van der Waals surface area contributed by atoms with Crippen LogP contribution in [0.4, 0.5) is 16.3 Å². The lowest BCUT2D eigenvalue weighted by molar-refractivity contribution is 0.119. The van der Waals surface area contributed by atoms with Crippen molar-refractivity contribution in [3.05, 3.63) is 47.9 Å². The molecule has 2 aliphatic rings. The molecule has 0 aliphatic carbocycles. The van der Waals surface area contributed by atoms with Crippen molar-refractivity contribution < 1.29 is 14.3 Å². The van der Waals surface area contributed by atoms with Gasteiger partial charge in [-0.2, -0.15) is 0 Å². The summed E-state index contributed by atoms with van der Waals surface area (Å²) in [6.45, 7) is 9.38. The van der Waals surface area contributed by atoms with Crippen LogP contribution in [0.3, 0.4) is 0 Å². The number of fused-ring (bicyclic) bond motifs is 3. The van der Waals surface area contributed by atoms with Crippen molar-refractivity contribution in [3.63, 3.8) is 0 Å². The third-order valence-electron chi connectivity index (χ3n) is 4.44. The molecule has 2 aromatic rings. The molecule has 3 heterocycles. The van der Waals surface area contributed by atoms with Gasteiger partial charge in [0.2, 0.25) is 0 Å². The third kappa shape index (κ3) is 2.17. The predicted octanol–water partition coefficient (Wildman–Crippen LogP) is 3.80. The van der Waals surface area contributed by atoms with Crippen LogP contribution in [-0.2, 0) is 4.74 Å². The normalized spacial score (nSPS) is 21.3. The molecule has 120 valence electrons. The van der Waals surface area contributed by atoms with Crippen LogP contribution in [0.5, 0.6) is 5.75 Å². The Hall–Kier alpha value is -3.07. The van der Waals surface area contributed by atoms with Gasteiger partial charge in [-0.1, -0.05) is 25.6 Å². The monoisotopic (exact) mass is 321 g/mol. The molecular formula is C18H15N3O3. The lowest BCUT2D eigenvalue weighted by Gasteiger charge is -2.31. The fourth-order valence-electron chi connectivity index (χ4n) is 3.19. The van der Waals surface area contributed by atoms with Crippen LogP contribution in [0.1, 0.15) is 13.3 Å². The molecule has 4 rings (SSSR count). The fraction of sp³-hybridized carbons (Fsp3) is 0.278. The lowest BCUT2D eigenvalue weighted by Crippen LogP contribution is -2.44. The van der Waals surface area contributed by atoms with Gasteiger partial charge in [-0.25, -0.2) is 4.79 Å². The second-order valence-corrected chi connectivity index (χ2v) is 5.78. The zero-order valence-electron chi connectivity index (χ0n) is 13.1. The number of hydrogen-bond donors (Lipinski definition) is 0. The summed E-state index contributed by atoms with van der Waals surface area (Å²) in [6, 6.07) is 9.16. The minimum absolute atomic E-state index is 0.0690. The van der Waals surface area contributed by atoms with Crippen molar-refractivity contribution >= 4 is 17.6 Å². The number of aromatic nitrogens is 1. The molecule has 0 bridgehead atoms. The van der Waals surface area contributed by atoms with E-state index in [-0.39, 0.29) is 18.2 Å². The van der Waals surface area contributed by atoms with Crippen molar-refractivity contribution in [1.82, 2.24) is 4.98 Å². The van der Waals surface area contributed by atoms with Crippen LogP contribution >= 0.6 is 0 Å². The summed E-state index contributed by atoms with van der Waals surface area (Å²) in [7, 11) is 0. The highest BCUT2D eigenvalue weighted by atomic mass is 16.6. The van der Waals surface area contributed by atoms with Crippen molar-refractivity contribution in [2.24, 2.45) is 0 Å². The molecule has 24 heavy (non-hydrogen) atoms. The number of carbonyl (C=O) groups is 1. The Bertz CT molecular complexity index is 842. The van der Waals surface area contributed by atoms with E-state index in [1.54, 1.807) is 17.2 Å². The lowest BCUT2D eigenvalue weighted by atomic mass is 10.0. The highest BCUT2D eigenvalue weighted by Crippen LogP contribution is 2.41. The second-order valence-electron chi connectivity index (χ2n) is 5.78. The van der Waals surface area contributed by atoms with E-state index in [2.05, 4.69) is 9.83 Å². The molecule has 6 nitrogen and oxygen atoms in total. The number of ether oxygens (including phenoxy) is 2. The van der Waals surface area contributed by atoms with Gasteiger partial charge in [-0.3, -0.25) is 4.90 Å². The zero-order chi connectivity index (χ0) is 16.7. The van der Waals surface area contributed by atoms with Gasteiger partial charge < -0.3 is 14.3 Å². The maximum Gasteiger partial charge on any atom is 0.415 e. The van der Waals surface area contributed by atoms with E-state index in [0.717, 1.165) is 23.2 Å². The maximum absolute atomic E-state index is 12.2. The first kappa shape index (κ1) is 14.5. The largest absolute Gasteiger partial charge is 0.489 e. The Morgan fingerprint density at radius 3 is 2.88 bits per heavy atom. The van der Waals surface area contributed by atoms with E-state index in [9.17, 15) is 4.79 Å². The van der Waals surface area contributed by atoms with Gasteiger partial charge in [-0.05, 0) is 30.2 Å². The highest BCUT2D eigenvalue weighted by Gasteiger charge is 2.45. The molecular weight excluding hydrogens is 306 g/mol. The number of nitrogens with zero attached hydrogens (tertiary/aromatic N) is 3. The summed E-state index contributed by atoms with van der Waals surface area (Å²) < 4.78 is 11.3. The fourth-order valence-corrected chi connectivity index (χ4v) is 3.19. The number of amides is 1. The number of hydrogen-bond acceptors (Lipinski definition) is 4. The van der Waals surface area contributed by atoms with E-state index in [0.29, 0.717) is 18.2 Å². The number of anilines is 1. The van der Waals surface area contributed by atoms with E-state index < -0.39 is 0 Å². The molecule has 0 radical (unpaired) electrons. The molecule has 2 aliphatic heterocycles. The highest BCUT2D eigenvalue weighted by molar-refractivity contribution is 5.94. The molecule has 1 amide bonds. The molecule has 1 aromatic heterocycles. The van der Waals surface area contributed by atoms with Gasteiger partial charge in [0, 0.05) is 5.56 Å². The van der Waals surface area contributed by atoms with Gasteiger partial charge in [0.25, 0.3) is 5.82 Å². The number of cyclic esters (lactones) is 1. The molecule has 1 saturated heterocycles. The Kier molecular flexibility index (Phi) is 3.35. The summed E-state index contributed by atoms with van der Waals surface area (Å²) in [6.07, 6.45) is 1.99. The van der Waals surface area contributed by atoms with Gasteiger partial charge in [0.1, 0.15) is 30.7 Å². The van der Waals surface area contributed by atoms with Gasteiger partial charge >= 0.3 is 6.09 Å². The molecule has 0 N–H and O–H groups in total. The summed E-state index contributed by atoms with van der Waals surface area (Å²) >= 11 is 0. The van der Waals surface area contributed by atoms with Crippen LogP contribution in [0.25, 0.3) is 16.0 Å². The summed E-state index contributed by atoms with van der Waals surface area (Å²) in [5.74, 6) is 1.02. The van der Waals surface area contributed by atoms with Crippen molar-refractivity contribution in [1.29, 1.82) is 0 Å². The minimum Gasteiger partial charge on any atom is -0.489 e. The number of rotatable bonds is 2. The molecule has 6 heteroatoms. The Morgan fingerprint density at radius 2 is 2.17 bits per heavy atom. The summed E-state index contributed by atoms with van der Waals surface area (Å²) in [5.41, 5.74) is 2.56. The topological polar surface area (TPSA) is 56.0 Å². The molecule has 0 spiro atoms. The van der Waals surface area contributed by atoms with Gasteiger partial charge in [0.05, 0.1) is 5.69 Å². The summed E-state index contributed by atoms with van der Waals surface area (Å²) in [4.78, 5) is 21.3. The standard InChI is InChI=1S/C18H15N3O3/c1-3-15-14-10-23-16-8-11(12-5-7-17(19-2)20-9-12)4-6-13(16)21(14)18(22)24-15/h4-9,14-15H,3,10H2,1H3/t14-,15-/m0/s1. The summed E-state index contributed by atoms with van der Waals surface area (Å²) in [5, 5.41) is 0. The third-order valence-corrected chi connectivity index (χ3v) is 4.44. The average Bonchev–Trinajstić information content (AvgIpc) is 2.97. The average molecular weight is 321 g/mol. The van der Waals surface area contributed by atoms with Crippen LogP contribution in [0, 0.1) is 6.57 Å². The van der Waals surface area contributed by atoms with Crippen LogP contribution in [0.2, 0.25) is 0 Å². The van der Waals surface area contributed by atoms with E-state index >= 15 is 0 Å². The molecule has 1 aromatic carbocycles. The zero-order valence-corrected chi connectivity index (χ0v) is 13.1. The van der Waals surface area contributed by atoms with E-state index in [1.807, 2.05) is 31.2 Å². The molecule has 1 fully saturated rings. The molecule has 2 atom stereocenters. The van der Waals surface area contributed by atoms with Crippen molar-refractivity contribution in [3.8, 4) is 16.9 Å². The smallest absolute Gasteiger partial charge is 0.415 e. The van der Waals surface area contributed by atoms with Crippen molar-refractivity contribution in [2.75, 3.05) is 11.5 Å². The minimum atomic E-state index is -0.313. The van der Waals surface area contributed by atoms with Gasteiger partial charge in [0.15, 0.2) is 0 Å². The van der Waals surface area contributed by atoms with E-state index in [4.69, 9.17) is 16.0 Å². The Morgan fingerprint density at radius 1 is 1.33 bits per heavy atom. The maximum atomic E-state index is 12.2.